The van der Waals surface area contributed by atoms with Crippen molar-refractivity contribution in [1.82, 2.24) is 0 Å². The third-order valence-electron chi connectivity index (χ3n) is 2.49. The summed E-state index contributed by atoms with van der Waals surface area (Å²) in [5.74, 6) is -0.512. The molecular formula is C12H13N3O4. The molecule has 0 atom stereocenters. The first-order valence-corrected chi connectivity index (χ1v) is 5.59. The molecule has 1 aromatic rings. The Kier molecular flexibility index (Phi) is 4.97. The second-order valence-electron chi connectivity index (χ2n) is 3.69. The summed E-state index contributed by atoms with van der Waals surface area (Å²) in [5, 5.41) is 19.8. The molecule has 0 aliphatic rings. The number of esters is 1. The number of ether oxygens (including phenoxy) is 1. The van der Waals surface area contributed by atoms with Crippen LogP contribution in [0.15, 0.2) is 12.1 Å². The Morgan fingerprint density at radius 1 is 1.58 bits per heavy atom. The second kappa shape index (κ2) is 6.47. The zero-order chi connectivity index (χ0) is 14.4. The molecule has 0 bridgehead atoms. The smallest absolute Gasteiger partial charge is 0.310 e. The molecular weight excluding hydrogens is 250 g/mol. The van der Waals surface area contributed by atoms with E-state index in [2.05, 4.69) is 0 Å². The lowest BCUT2D eigenvalue weighted by Gasteiger charge is -2.08. The van der Waals surface area contributed by atoms with Crippen molar-refractivity contribution in [1.29, 1.82) is 5.26 Å². The quantitative estimate of drug-likeness (QED) is 0.481. The van der Waals surface area contributed by atoms with E-state index in [1.54, 1.807) is 6.92 Å². The van der Waals surface area contributed by atoms with Crippen molar-refractivity contribution in [2.24, 2.45) is 5.73 Å². The van der Waals surface area contributed by atoms with E-state index in [-0.39, 0.29) is 36.4 Å². The lowest BCUT2D eigenvalue weighted by atomic mass is 9.99. The topological polar surface area (TPSA) is 119 Å². The molecule has 19 heavy (non-hydrogen) atoms. The van der Waals surface area contributed by atoms with Crippen LogP contribution in [-0.2, 0) is 22.5 Å². The standard InChI is InChI=1S/C12H13N3O4/c1-2-19-12(16)5-9-3-8(6-13)4-11(15(17)18)10(9)7-14/h3-4H,2,5,7,14H2,1H3. The summed E-state index contributed by atoms with van der Waals surface area (Å²) in [6.45, 7) is 1.80. The first-order valence-electron chi connectivity index (χ1n) is 5.59. The molecule has 0 aliphatic carbocycles. The Balaban J connectivity index is 3.28. The van der Waals surface area contributed by atoms with Gasteiger partial charge in [-0.25, -0.2) is 0 Å². The van der Waals surface area contributed by atoms with Gasteiger partial charge in [0.25, 0.3) is 5.69 Å². The Hall–Kier alpha value is -2.46. The lowest BCUT2D eigenvalue weighted by Crippen LogP contribution is -2.13. The van der Waals surface area contributed by atoms with Crippen molar-refractivity contribution in [3.05, 3.63) is 38.9 Å². The highest BCUT2D eigenvalue weighted by atomic mass is 16.6. The van der Waals surface area contributed by atoms with Gasteiger partial charge in [0.2, 0.25) is 0 Å². The number of benzene rings is 1. The average molecular weight is 263 g/mol. The van der Waals surface area contributed by atoms with E-state index in [1.165, 1.54) is 6.07 Å². The van der Waals surface area contributed by atoms with Crippen molar-refractivity contribution in [3.8, 4) is 6.07 Å². The van der Waals surface area contributed by atoms with Crippen LogP contribution in [-0.4, -0.2) is 17.5 Å². The number of nitrogens with zero attached hydrogens (tertiary/aromatic N) is 2. The molecule has 7 nitrogen and oxygen atoms in total. The number of carbonyl (C=O) groups is 1. The molecule has 0 aromatic heterocycles. The number of hydrogen-bond donors (Lipinski definition) is 1. The molecule has 100 valence electrons. The van der Waals surface area contributed by atoms with Gasteiger partial charge in [-0.2, -0.15) is 5.26 Å². The zero-order valence-corrected chi connectivity index (χ0v) is 10.4. The van der Waals surface area contributed by atoms with Gasteiger partial charge < -0.3 is 10.5 Å². The van der Waals surface area contributed by atoms with E-state index in [0.29, 0.717) is 5.56 Å². The van der Waals surface area contributed by atoms with Crippen molar-refractivity contribution >= 4 is 11.7 Å². The van der Waals surface area contributed by atoms with Gasteiger partial charge in [-0.05, 0) is 18.6 Å². The summed E-state index contributed by atoms with van der Waals surface area (Å²) in [5.41, 5.74) is 5.96. The Labute approximate surface area is 109 Å². The van der Waals surface area contributed by atoms with Gasteiger partial charge >= 0.3 is 5.97 Å². The summed E-state index contributed by atoms with van der Waals surface area (Å²) in [4.78, 5) is 21.8. The van der Waals surface area contributed by atoms with Gasteiger partial charge in [0.15, 0.2) is 0 Å². The number of nitro benzene ring substituents is 1. The fraction of sp³-hybridized carbons (Fsp3) is 0.333. The number of carbonyl (C=O) groups excluding carboxylic acids is 1. The summed E-state index contributed by atoms with van der Waals surface area (Å²) in [6.07, 6.45) is -0.142. The predicted octanol–water partition coefficient (Wildman–Crippen LogP) is 1.03. The first kappa shape index (κ1) is 14.6. The largest absolute Gasteiger partial charge is 0.466 e. The number of nitro groups is 1. The number of nitrogens with two attached hydrogens (primary N) is 1. The maximum atomic E-state index is 11.4. The molecule has 1 rings (SSSR count). The Morgan fingerprint density at radius 2 is 2.26 bits per heavy atom. The van der Waals surface area contributed by atoms with Crippen LogP contribution in [0.5, 0.6) is 0 Å². The monoisotopic (exact) mass is 263 g/mol. The third kappa shape index (κ3) is 3.50. The van der Waals surface area contributed by atoms with Crippen LogP contribution in [0, 0.1) is 21.4 Å². The highest BCUT2D eigenvalue weighted by Gasteiger charge is 2.20. The fourth-order valence-corrected chi connectivity index (χ4v) is 1.70. The van der Waals surface area contributed by atoms with Crippen molar-refractivity contribution in [2.75, 3.05) is 6.61 Å². The summed E-state index contributed by atoms with van der Waals surface area (Å²) < 4.78 is 4.79. The van der Waals surface area contributed by atoms with Crippen LogP contribution in [0.4, 0.5) is 5.69 Å². The minimum Gasteiger partial charge on any atom is -0.466 e. The van der Waals surface area contributed by atoms with Crippen LogP contribution < -0.4 is 5.73 Å². The van der Waals surface area contributed by atoms with Gasteiger partial charge in [-0.1, -0.05) is 0 Å². The molecule has 0 spiro atoms. The van der Waals surface area contributed by atoms with Crippen LogP contribution in [0.1, 0.15) is 23.6 Å². The molecule has 0 aliphatic heterocycles. The van der Waals surface area contributed by atoms with E-state index >= 15 is 0 Å². The summed E-state index contributed by atoms with van der Waals surface area (Å²) >= 11 is 0. The molecule has 0 heterocycles. The lowest BCUT2D eigenvalue weighted by molar-refractivity contribution is -0.385. The Bertz CT molecular complexity index is 549. The maximum Gasteiger partial charge on any atom is 0.310 e. The molecule has 0 fully saturated rings. The molecule has 7 heteroatoms. The van der Waals surface area contributed by atoms with Crippen LogP contribution in [0.25, 0.3) is 0 Å². The maximum absolute atomic E-state index is 11.4. The van der Waals surface area contributed by atoms with E-state index in [4.69, 9.17) is 15.7 Å². The predicted molar refractivity (Wildman–Crippen MR) is 66.0 cm³/mol. The molecule has 0 radical (unpaired) electrons. The normalized spacial score (nSPS) is 9.74. The van der Waals surface area contributed by atoms with Gasteiger partial charge in [0.1, 0.15) is 0 Å². The van der Waals surface area contributed by atoms with Crippen LogP contribution in [0.2, 0.25) is 0 Å². The summed E-state index contributed by atoms with van der Waals surface area (Å²) in [7, 11) is 0. The highest BCUT2D eigenvalue weighted by molar-refractivity contribution is 5.74. The minimum absolute atomic E-state index is 0.0865. The van der Waals surface area contributed by atoms with Crippen molar-refractivity contribution in [2.45, 2.75) is 19.9 Å². The van der Waals surface area contributed by atoms with E-state index in [0.717, 1.165) is 6.07 Å². The van der Waals surface area contributed by atoms with Gasteiger partial charge in [0.05, 0.1) is 29.6 Å². The molecule has 0 unspecified atom stereocenters. The molecule has 1 aromatic carbocycles. The molecule has 0 saturated carbocycles. The second-order valence-corrected chi connectivity index (χ2v) is 3.69. The fourth-order valence-electron chi connectivity index (χ4n) is 1.70. The molecule has 2 N–H and O–H groups in total. The summed E-state index contributed by atoms with van der Waals surface area (Å²) in [6, 6.07) is 4.39. The van der Waals surface area contributed by atoms with Crippen LogP contribution >= 0.6 is 0 Å². The van der Waals surface area contributed by atoms with E-state index in [1.807, 2.05) is 6.07 Å². The van der Waals surface area contributed by atoms with Gasteiger partial charge in [0, 0.05) is 18.2 Å². The molecule has 0 saturated heterocycles. The van der Waals surface area contributed by atoms with Gasteiger partial charge in [-0.3, -0.25) is 14.9 Å². The zero-order valence-electron chi connectivity index (χ0n) is 10.4. The highest BCUT2D eigenvalue weighted by Crippen LogP contribution is 2.25. The molecule has 0 amide bonds. The number of rotatable bonds is 5. The van der Waals surface area contributed by atoms with Gasteiger partial charge in [-0.15, -0.1) is 0 Å². The SMILES string of the molecule is CCOC(=O)Cc1cc(C#N)cc([N+](=O)[O-])c1CN. The minimum atomic E-state index is -0.613. The van der Waals surface area contributed by atoms with Crippen LogP contribution in [0.3, 0.4) is 0 Å². The van der Waals surface area contributed by atoms with Crippen molar-refractivity contribution < 1.29 is 14.5 Å². The number of hydrogen-bond acceptors (Lipinski definition) is 6. The van der Waals surface area contributed by atoms with Crippen molar-refractivity contribution in [3.63, 3.8) is 0 Å². The number of nitriles is 1. The van der Waals surface area contributed by atoms with E-state index in [9.17, 15) is 14.9 Å². The average Bonchev–Trinajstić information content (AvgIpc) is 2.37. The Morgan fingerprint density at radius 3 is 2.74 bits per heavy atom. The third-order valence-corrected chi connectivity index (χ3v) is 2.49. The van der Waals surface area contributed by atoms with E-state index < -0.39 is 10.9 Å². The first-order chi connectivity index (χ1) is 9.03.